The predicted octanol–water partition coefficient (Wildman–Crippen LogP) is 5.84. The molecule has 0 aliphatic heterocycles. The summed E-state index contributed by atoms with van der Waals surface area (Å²) in [5.74, 6) is -0.239. The van der Waals surface area contributed by atoms with E-state index >= 15 is 0 Å². The summed E-state index contributed by atoms with van der Waals surface area (Å²) in [7, 11) is -3.94. The van der Waals surface area contributed by atoms with E-state index in [2.05, 4.69) is 0 Å². The number of unbranched alkanes of at least 4 members (excludes halogenated alkanes) is 1. The second kappa shape index (κ2) is 9.94. The molecule has 0 unspecified atom stereocenters. The van der Waals surface area contributed by atoms with E-state index in [4.69, 9.17) is 14.5 Å². The highest BCUT2D eigenvalue weighted by Gasteiger charge is 2.11. The van der Waals surface area contributed by atoms with Crippen LogP contribution >= 0.6 is 0 Å². The first kappa shape index (κ1) is 23.0. The van der Waals surface area contributed by atoms with E-state index in [0.29, 0.717) is 19.3 Å². The van der Waals surface area contributed by atoms with Gasteiger partial charge in [0.05, 0.1) is 28.6 Å². The van der Waals surface area contributed by atoms with Crippen LogP contribution in [0.5, 0.6) is 0 Å². The molecule has 0 aliphatic rings. The SMILES string of the molecule is CC(=Nc1c(C)cccc1C)C(CCCCS(=O)(=O)O)=Nc1c(C)cccc1C. The molecular weight excluding hydrogens is 384 g/mol. The molecule has 29 heavy (non-hydrogen) atoms. The lowest BCUT2D eigenvalue weighted by molar-refractivity contribution is 0.480. The van der Waals surface area contributed by atoms with Gasteiger partial charge >= 0.3 is 0 Å². The standard InChI is InChI=1S/C23H30N2O3S/c1-16-10-8-11-17(2)22(16)24-20(5)21(14-6-7-15-29(26,27)28)25-23-18(3)12-9-13-19(23)4/h8-13H,6-7,14-15H2,1-5H3,(H,26,27,28). The molecule has 0 atom stereocenters. The van der Waals surface area contributed by atoms with Crippen molar-refractivity contribution in [3.63, 3.8) is 0 Å². The zero-order valence-corrected chi connectivity index (χ0v) is 18.7. The summed E-state index contributed by atoms with van der Waals surface area (Å²) in [5.41, 5.74) is 7.88. The van der Waals surface area contributed by atoms with Gasteiger partial charge < -0.3 is 0 Å². The van der Waals surface area contributed by atoms with Crippen molar-refractivity contribution in [3.8, 4) is 0 Å². The highest BCUT2D eigenvalue weighted by Crippen LogP contribution is 2.26. The molecule has 0 aliphatic carbocycles. The Morgan fingerprint density at radius 1 is 0.828 bits per heavy atom. The van der Waals surface area contributed by atoms with Crippen molar-refractivity contribution in [3.05, 3.63) is 58.7 Å². The molecule has 2 rings (SSSR count). The predicted molar refractivity (Wildman–Crippen MR) is 122 cm³/mol. The Balaban J connectivity index is 2.41. The Bertz CT molecular complexity index is 998. The van der Waals surface area contributed by atoms with Gasteiger partial charge in [-0.05, 0) is 76.1 Å². The van der Waals surface area contributed by atoms with Gasteiger partial charge in [-0.15, -0.1) is 0 Å². The van der Waals surface area contributed by atoms with Gasteiger partial charge in [-0.1, -0.05) is 36.4 Å². The smallest absolute Gasteiger partial charge is 0.264 e. The Morgan fingerprint density at radius 3 is 1.72 bits per heavy atom. The minimum absolute atomic E-state index is 0.239. The van der Waals surface area contributed by atoms with E-state index < -0.39 is 10.1 Å². The van der Waals surface area contributed by atoms with Crippen LogP contribution in [0, 0.1) is 27.7 Å². The fourth-order valence-corrected chi connectivity index (χ4v) is 3.79. The third-order valence-corrected chi connectivity index (χ3v) is 5.69. The summed E-state index contributed by atoms with van der Waals surface area (Å²) in [6.07, 6.45) is 1.56. The Morgan fingerprint density at radius 2 is 1.28 bits per heavy atom. The molecule has 0 radical (unpaired) electrons. The zero-order chi connectivity index (χ0) is 21.6. The maximum atomic E-state index is 11.0. The van der Waals surface area contributed by atoms with Gasteiger partial charge in [0.1, 0.15) is 0 Å². The monoisotopic (exact) mass is 414 g/mol. The summed E-state index contributed by atoms with van der Waals surface area (Å²) in [5, 5.41) is 0. The molecule has 0 aromatic heterocycles. The van der Waals surface area contributed by atoms with Crippen LogP contribution < -0.4 is 0 Å². The second-order valence-corrected chi connectivity index (χ2v) is 9.05. The topological polar surface area (TPSA) is 79.1 Å². The fraction of sp³-hybridized carbons (Fsp3) is 0.391. The number of rotatable bonds is 8. The van der Waals surface area contributed by atoms with Crippen molar-refractivity contribution < 1.29 is 13.0 Å². The van der Waals surface area contributed by atoms with E-state index in [-0.39, 0.29) is 5.75 Å². The van der Waals surface area contributed by atoms with Gasteiger partial charge in [0.15, 0.2) is 0 Å². The van der Waals surface area contributed by atoms with Gasteiger partial charge in [0.2, 0.25) is 0 Å². The molecule has 6 heteroatoms. The van der Waals surface area contributed by atoms with Gasteiger partial charge in [-0.25, -0.2) is 0 Å². The van der Waals surface area contributed by atoms with E-state index in [1.807, 2.05) is 71.0 Å². The van der Waals surface area contributed by atoms with Gasteiger partial charge in [0.25, 0.3) is 10.1 Å². The number of hydrogen-bond acceptors (Lipinski definition) is 4. The summed E-state index contributed by atoms with van der Waals surface area (Å²) in [4.78, 5) is 9.78. The van der Waals surface area contributed by atoms with Crippen molar-refractivity contribution in [2.24, 2.45) is 9.98 Å². The van der Waals surface area contributed by atoms with Crippen LogP contribution in [0.3, 0.4) is 0 Å². The van der Waals surface area contributed by atoms with Crippen LogP contribution in [-0.4, -0.2) is 30.1 Å². The molecule has 0 fully saturated rings. The van der Waals surface area contributed by atoms with Crippen LogP contribution in [-0.2, 0) is 10.1 Å². The minimum atomic E-state index is -3.94. The lowest BCUT2D eigenvalue weighted by Gasteiger charge is -2.12. The van der Waals surface area contributed by atoms with E-state index in [9.17, 15) is 8.42 Å². The van der Waals surface area contributed by atoms with Crippen LogP contribution in [0.4, 0.5) is 11.4 Å². The van der Waals surface area contributed by atoms with Crippen LogP contribution in [0.2, 0.25) is 0 Å². The third kappa shape index (κ3) is 6.91. The number of aliphatic imine (C=N–C) groups is 2. The molecule has 156 valence electrons. The molecule has 0 amide bonds. The first-order chi connectivity index (χ1) is 13.6. The number of hydrogen-bond donors (Lipinski definition) is 1. The molecule has 0 saturated carbocycles. The number of aryl methyl sites for hydroxylation is 4. The first-order valence-corrected chi connectivity index (χ1v) is 11.4. The van der Waals surface area contributed by atoms with E-state index in [0.717, 1.165) is 45.1 Å². The summed E-state index contributed by atoms with van der Waals surface area (Å²) in [6.45, 7) is 10.1. The lowest BCUT2D eigenvalue weighted by Crippen LogP contribution is -2.12. The normalized spacial score (nSPS) is 13.0. The number of benzene rings is 2. The molecular formula is C23H30N2O3S. The van der Waals surface area contributed by atoms with Crippen molar-refractivity contribution in [2.45, 2.75) is 53.9 Å². The molecule has 1 N–H and O–H groups in total. The van der Waals surface area contributed by atoms with E-state index in [1.54, 1.807) is 0 Å². The largest absolute Gasteiger partial charge is 0.286 e. The lowest BCUT2D eigenvalue weighted by atomic mass is 10.1. The number of para-hydroxylation sites is 2. The Labute approximate surface area is 174 Å². The van der Waals surface area contributed by atoms with Crippen LogP contribution in [0.15, 0.2) is 46.4 Å². The molecule has 2 aromatic carbocycles. The van der Waals surface area contributed by atoms with Gasteiger partial charge in [0, 0.05) is 0 Å². The van der Waals surface area contributed by atoms with Crippen molar-refractivity contribution in [1.29, 1.82) is 0 Å². The molecule has 5 nitrogen and oxygen atoms in total. The van der Waals surface area contributed by atoms with Crippen LogP contribution in [0.25, 0.3) is 0 Å². The number of nitrogens with zero attached hydrogens (tertiary/aromatic N) is 2. The van der Waals surface area contributed by atoms with Crippen molar-refractivity contribution in [1.82, 2.24) is 0 Å². The quantitative estimate of drug-likeness (QED) is 0.335. The van der Waals surface area contributed by atoms with E-state index in [1.165, 1.54) is 0 Å². The second-order valence-electron chi connectivity index (χ2n) is 7.48. The molecule has 0 saturated heterocycles. The minimum Gasteiger partial charge on any atom is -0.286 e. The van der Waals surface area contributed by atoms with Crippen molar-refractivity contribution in [2.75, 3.05) is 5.75 Å². The maximum Gasteiger partial charge on any atom is 0.264 e. The summed E-state index contributed by atoms with van der Waals surface area (Å²) < 4.78 is 31.0. The molecule has 0 spiro atoms. The first-order valence-electron chi connectivity index (χ1n) is 9.79. The highest BCUT2D eigenvalue weighted by atomic mass is 32.2. The van der Waals surface area contributed by atoms with Gasteiger partial charge in [-0.2, -0.15) is 8.42 Å². The summed E-state index contributed by atoms with van der Waals surface area (Å²) in [6, 6.07) is 12.1. The van der Waals surface area contributed by atoms with Crippen LogP contribution in [0.1, 0.15) is 48.4 Å². The third-order valence-electron chi connectivity index (χ3n) is 4.89. The highest BCUT2D eigenvalue weighted by molar-refractivity contribution is 7.85. The Hall–Kier alpha value is -2.31. The maximum absolute atomic E-state index is 11.0. The fourth-order valence-electron chi connectivity index (χ4n) is 3.23. The zero-order valence-electron chi connectivity index (χ0n) is 17.9. The average molecular weight is 415 g/mol. The Kier molecular flexibility index (Phi) is 7.88. The summed E-state index contributed by atoms with van der Waals surface area (Å²) >= 11 is 0. The van der Waals surface area contributed by atoms with Gasteiger partial charge in [-0.3, -0.25) is 14.5 Å². The molecule has 0 bridgehead atoms. The molecule has 0 heterocycles. The average Bonchev–Trinajstić information content (AvgIpc) is 2.62. The molecule has 2 aromatic rings. The van der Waals surface area contributed by atoms with Crippen molar-refractivity contribution >= 4 is 32.9 Å².